The summed E-state index contributed by atoms with van der Waals surface area (Å²) in [7, 11) is 0.139. The fraction of sp³-hybridized carbons (Fsp3) is 0.472. The second-order valence-corrected chi connectivity index (χ2v) is 16.1. The maximum Gasteiger partial charge on any atom is 0.305 e. The van der Waals surface area contributed by atoms with Crippen LogP contribution in [0.2, 0.25) is 5.02 Å². The Kier molecular flexibility index (Phi) is 10.1. The van der Waals surface area contributed by atoms with E-state index in [0.29, 0.717) is 71.4 Å². The summed E-state index contributed by atoms with van der Waals surface area (Å²) in [4.78, 5) is 29.8. The molecule has 1 aliphatic carbocycles. The molecule has 14 heteroatoms. The van der Waals surface area contributed by atoms with E-state index < -0.39 is 15.8 Å². The van der Waals surface area contributed by atoms with E-state index in [1.54, 1.807) is 37.2 Å². The molecule has 4 aromatic rings. The van der Waals surface area contributed by atoms with Crippen molar-refractivity contribution in [2.24, 2.45) is 29.2 Å². The first-order chi connectivity index (χ1) is 24.2. The van der Waals surface area contributed by atoms with Gasteiger partial charge in [-0.15, -0.1) is 4.36 Å². The normalized spacial score (nSPS) is 26.7. The lowest BCUT2D eigenvalue weighted by Crippen LogP contribution is -2.43. The van der Waals surface area contributed by atoms with Crippen LogP contribution in [0.15, 0.2) is 59.4 Å². The molecular weight excluding hydrogens is 676 g/mol. The summed E-state index contributed by atoms with van der Waals surface area (Å²) in [5, 5.41) is 5.64. The van der Waals surface area contributed by atoms with Crippen molar-refractivity contribution in [1.82, 2.24) is 24.7 Å². The third-order valence-corrected chi connectivity index (χ3v) is 12.1. The molecule has 0 radical (unpaired) electrons. The van der Waals surface area contributed by atoms with Gasteiger partial charge >= 0.3 is 5.91 Å². The highest BCUT2D eigenvalue weighted by Crippen LogP contribution is 2.41. The largest absolute Gasteiger partial charge is 0.490 e. The zero-order valence-electron chi connectivity index (χ0n) is 28.6. The quantitative estimate of drug-likeness (QED) is 0.239. The second kappa shape index (κ2) is 14.7. The van der Waals surface area contributed by atoms with E-state index in [2.05, 4.69) is 53.3 Å². The van der Waals surface area contributed by atoms with E-state index in [-0.39, 0.29) is 23.5 Å². The summed E-state index contributed by atoms with van der Waals surface area (Å²) >= 11 is 6.47. The summed E-state index contributed by atoms with van der Waals surface area (Å²) in [6.45, 7) is 3.77. The topological polar surface area (TPSA) is 137 Å². The Morgan fingerprint density at radius 1 is 1.12 bits per heavy atom. The number of nitrogens with zero attached hydrogens (tertiary/aromatic N) is 7. The summed E-state index contributed by atoms with van der Waals surface area (Å²) in [6.07, 6.45) is 12.7. The molecule has 2 aliphatic heterocycles. The molecule has 0 saturated heterocycles. The minimum absolute atomic E-state index is 0.0625. The number of allylic oxidation sites excluding steroid dienone is 1. The van der Waals surface area contributed by atoms with Crippen molar-refractivity contribution in [3.63, 3.8) is 0 Å². The summed E-state index contributed by atoms with van der Waals surface area (Å²) in [6, 6.07) is 9.48. The molecule has 1 amide bonds. The highest BCUT2D eigenvalue weighted by atomic mass is 35.5. The van der Waals surface area contributed by atoms with E-state index in [1.807, 2.05) is 13.0 Å². The molecule has 0 spiro atoms. The van der Waals surface area contributed by atoms with Crippen molar-refractivity contribution >= 4 is 50.1 Å². The van der Waals surface area contributed by atoms with Crippen molar-refractivity contribution in [3.05, 3.63) is 76.9 Å². The molecule has 3 aromatic heterocycles. The van der Waals surface area contributed by atoms with Crippen molar-refractivity contribution in [2.75, 3.05) is 35.6 Å². The van der Waals surface area contributed by atoms with E-state index in [1.165, 1.54) is 11.9 Å². The van der Waals surface area contributed by atoms with Gasteiger partial charge in [0.1, 0.15) is 21.9 Å². The molecule has 5 atom stereocenters. The fourth-order valence-electron chi connectivity index (χ4n) is 7.20. The van der Waals surface area contributed by atoms with Crippen LogP contribution in [0.3, 0.4) is 0 Å². The Labute approximate surface area is 298 Å². The van der Waals surface area contributed by atoms with Gasteiger partial charge in [0, 0.05) is 38.5 Å². The highest BCUT2D eigenvalue weighted by molar-refractivity contribution is 7.95. The van der Waals surface area contributed by atoms with Crippen molar-refractivity contribution in [3.8, 4) is 5.75 Å². The van der Waals surface area contributed by atoms with Crippen molar-refractivity contribution in [2.45, 2.75) is 58.1 Å². The lowest BCUT2D eigenvalue weighted by Gasteiger charge is -2.43. The number of nitrogens with one attached hydrogen (secondary N) is 1. The van der Waals surface area contributed by atoms with Crippen LogP contribution in [0, 0.1) is 17.8 Å². The second-order valence-electron chi connectivity index (χ2n) is 13.7. The molecule has 1 N–H and O–H groups in total. The predicted octanol–water partition coefficient (Wildman–Crippen LogP) is 6.41. The van der Waals surface area contributed by atoms with Gasteiger partial charge in [-0.2, -0.15) is 5.10 Å². The van der Waals surface area contributed by atoms with Gasteiger partial charge in [0.05, 0.1) is 23.8 Å². The van der Waals surface area contributed by atoms with Gasteiger partial charge in [-0.3, -0.25) is 14.2 Å². The van der Waals surface area contributed by atoms with Crippen LogP contribution in [0.5, 0.6) is 5.75 Å². The number of pyridine rings is 1. The first-order valence-electron chi connectivity index (χ1n) is 17.2. The number of amides is 1. The average Bonchev–Trinajstić information content (AvgIpc) is 3.45. The lowest BCUT2D eigenvalue weighted by atomic mass is 9.70. The molecule has 1 aromatic carbocycles. The van der Waals surface area contributed by atoms with Crippen LogP contribution < -0.4 is 14.4 Å². The fourth-order valence-corrected chi connectivity index (χ4v) is 9.34. The van der Waals surface area contributed by atoms with Gasteiger partial charge < -0.3 is 14.4 Å². The molecule has 12 nitrogen and oxygen atoms in total. The van der Waals surface area contributed by atoms with Crippen LogP contribution in [0.25, 0.3) is 11.0 Å². The van der Waals surface area contributed by atoms with E-state index >= 15 is 0 Å². The SMILES string of the molecule is CO[C@H]1/C=C/C[C@H](C)CS(=O)(Nc2ncnc3nn(C)cc23)=NC(=O)c2ccc3c(n2)N(Cc2ccc(Cl)cc2CCCCO3)C[C@@H]2CC[C@H]21. The molecule has 5 heterocycles. The summed E-state index contributed by atoms with van der Waals surface area (Å²) in [5.41, 5.74) is 2.89. The number of ether oxygens (including phenoxy) is 2. The number of aromatic nitrogens is 5. The number of methoxy groups -OCH3 is 1. The number of carbonyl (C=O) groups excluding carboxylic acids is 1. The van der Waals surface area contributed by atoms with Crippen LogP contribution >= 0.6 is 11.6 Å². The van der Waals surface area contributed by atoms with Crippen molar-refractivity contribution in [1.29, 1.82) is 0 Å². The monoisotopic (exact) mass is 718 g/mol. The van der Waals surface area contributed by atoms with Gasteiger partial charge in [0.15, 0.2) is 23.0 Å². The van der Waals surface area contributed by atoms with E-state index in [4.69, 9.17) is 26.1 Å². The van der Waals surface area contributed by atoms with Crippen LogP contribution in [0.4, 0.5) is 11.6 Å². The Hall–Kier alpha value is -4.07. The molecule has 1 fully saturated rings. The number of benzene rings is 1. The van der Waals surface area contributed by atoms with E-state index in [9.17, 15) is 9.00 Å². The third kappa shape index (κ3) is 7.50. The molecule has 3 aliphatic rings. The average molecular weight is 719 g/mol. The van der Waals surface area contributed by atoms with E-state index in [0.717, 1.165) is 37.7 Å². The molecule has 1 saturated carbocycles. The number of hydrogen-bond acceptors (Lipinski definition) is 9. The first-order valence-corrected chi connectivity index (χ1v) is 19.3. The maximum atomic E-state index is 14.8. The maximum absolute atomic E-state index is 14.8. The number of aryl methyl sites for hydroxylation is 2. The number of rotatable bonds is 3. The van der Waals surface area contributed by atoms with Crippen molar-refractivity contribution < 1.29 is 18.5 Å². The zero-order valence-corrected chi connectivity index (χ0v) is 30.2. The summed E-state index contributed by atoms with van der Waals surface area (Å²) < 4.78 is 36.2. The Morgan fingerprint density at radius 3 is 2.82 bits per heavy atom. The summed E-state index contributed by atoms with van der Waals surface area (Å²) in [5.74, 6) is 1.45. The number of hydrogen-bond donors (Lipinski definition) is 1. The number of fused-ring (bicyclic) bond motifs is 4. The standard InChI is InChI=1S/C36H43ClN8O4S/c1-23-7-6-9-31(48-3)28-13-11-26(28)19-45-18-25-10-12-27(37)17-24(25)8-4-5-16-49-32-15-14-30(40-35(32)45)36(46)43-50(47,21-23)42-34-29-20-44(2)41-33(29)38-22-39-34/h6,9-10,12,14-15,17,20,22-23,26,28,31H,4-5,7-8,11,13,16,18-19,21H2,1-3H3,(H,38,39,41,42,43,46,47)/b9-6+/t23-,26-,28+,31-,50?/m0/s1. The van der Waals surface area contributed by atoms with Crippen LogP contribution in [0.1, 0.15) is 60.6 Å². The molecule has 264 valence electrons. The number of anilines is 2. The molecule has 1 unspecified atom stereocenters. The lowest BCUT2D eigenvalue weighted by molar-refractivity contribution is 0.0133. The first kappa shape index (κ1) is 34.4. The molecule has 2 bridgehead atoms. The van der Waals surface area contributed by atoms with Gasteiger partial charge in [-0.25, -0.2) is 19.2 Å². The van der Waals surface area contributed by atoms with Crippen LogP contribution in [-0.4, -0.2) is 67.0 Å². The Balaban J connectivity index is 1.34. The predicted molar refractivity (Wildman–Crippen MR) is 195 cm³/mol. The number of halogens is 1. The van der Waals surface area contributed by atoms with Crippen LogP contribution in [-0.2, 0) is 34.7 Å². The molecule has 50 heavy (non-hydrogen) atoms. The zero-order chi connectivity index (χ0) is 34.8. The van der Waals surface area contributed by atoms with Gasteiger partial charge in [-0.05, 0) is 91.7 Å². The Bertz CT molecular complexity index is 2040. The van der Waals surface area contributed by atoms with Gasteiger partial charge in [0.2, 0.25) is 0 Å². The van der Waals surface area contributed by atoms with Gasteiger partial charge in [-0.1, -0.05) is 36.7 Å². The van der Waals surface area contributed by atoms with Gasteiger partial charge in [0.25, 0.3) is 0 Å². The third-order valence-electron chi connectivity index (χ3n) is 9.90. The minimum atomic E-state index is -3.40. The number of carbonyl (C=O) groups is 1. The Morgan fingerprint density at radius 2 is 2.00 bits per heavy atom. The molecular formula is C36H43ClN8O4S. The minimum Gasteiger partial charge on any atom is -0.490 e. The smallest absolute Gasteiger partial charge is 0.305 e. The molecule has 7 rings (SSSR count). The highest BCUT2D eigenvalue weighted by Gasteiger charge is 2.38.